The number of halogens is 1. The van der Waals surface area contributed by atoms with Gasteiger partial charge in [-0.3, -0.25) is 0 Å². The van der Waals surface area contributed by atoms with Crippen molar-refractivity contribution in [1.29, 1.82) is 0 Å². The molecule has 0 spiro atoms. The summed E-state index contributed by atoms with van der Waals surface area (Å²) in [7, 11) is 0. The molecule has 0 aliphatic rings. The summed E-state index contributed by atoms with van der Waals surface area (Å²) < 4.78 is 11.7. The van der Waals surface area contributed by atoms with Crippen LogP contribution in [0.4, 0.5) is 4.79 Å². The standard InChI is InChI=1S/C16H17BrN2O3/c1-16(2,3)22-15(20)19-18-10-13-8-9-14(21-13)11-4-6-12(17)7-5-11/h4-10H,1-3H3,(H,19,20)/b18-10+. The molecule has 22 heavy (non-hydrogen) atoms. The van der Waals surface area contributed by atoms with E-state index in [2.05, 4.69) is 26.5 Å². The summed E-state index contributed by atoms with van der Waals surface area (Å²) in [5, 5.41) is 3.80. The number of furan rings is 1. The molecule has 0 bridgehead atoms. The van der Waals surface area contributed by atoms with Gasteiger partial charge in [-0.05, 0) is 45.0 Å². The van der Waals surface area contributed by atoms with Crippen LogP contribution in [0, 0.1) is 0 Å². The molecule has 1 aromatic heterocycles. The predicted octanol–water partition coefficient (Wildman–Crippen LogP) is 4.57. The van der Waals surface area contributed by atoms with Crippen molar-refractivity contribution in [3.63, 3.8) is 0 Å². The van der Waals surface area contributed by atoms with Gasteiger partial charge in [0, 0.05) is 10.0 Å². The molecule has 1 aromatic carbocycles. The zero-order valence-corrected chi connectivity index (χ0v) is 14.2. The Kier molecular flexibility index (Phi) is 5.03. The van der Waals surface area contributed by atoms with Crippen LogP contribution in [0.25, 0.3) is 11.3 Å². The summed E-state index contributed by atoms with van der Waals surface area (Å²) in [6.07, 6.45) is 0.815. The predicted molar refractivity (Wildman–Crippen MR) is 88.8 cm³/mol. The molecule has 116 valence electrons. The van der Waals surface area contributed by atoms with Crippen LogP contribution in [0.3, 0.4) is 0 Å². The van der Waals surface area contributed by atoms with Crippen LogP contribution in [0.2, 0.25) is 0 Å². The lowest BCUT2D eigenvalue weighted by molar-refractivity contribution is 0.0529. The second-order valence-electron chi connectivity index (χ2n) is 5.58. The lowest BCUT2D eigenvalue weighted by atomic mass is 10.2. The quantitative estimate of drug-likeness (QED) is 0.640. The molecule has 0 saturated carbocycles. The lowest BCUT2D eigenvalue weighted by Gasteiger charge is -2.18. The molecule has 0 atom stereocenters. The summed E-state index contributed by atoms with van der Waals surface area (Å²) in [4.78, 5) is 11.4. The molecule has 6 heteroatoms. The van der Waals surface area contributed by atoms with E-state index in [-0.39, 0.29) is 0 Å². The van der Waals surface area contributed by atoms with Gasteiger partial charge in [0.2, 0.25) is 0 Å². The van der Waals surface area contributed by atoms with Gasteiger partial charge < -0.3 is 9.15 Å². The van der Waals surface area contributed by atoms with E-state index in [1.165, 1.54) is 6.21 Å². The third-order valence-electron chi connectivity index (χ3n) is 2.50. The average molecular weight is 365 g/mol. The van der Waals surface area contributed by atoms with Crippen LogP contribution in [0.15, 0.2) is 50.4 Å². The number of nitrogens with one attached hydrogen (secondary N) is 1. The highest BCUT2D eigenvalue weighted by Crippen LogP contribution is 2.23. The van der Waals surface area contributed by atoms with Crippen molar-refractivity contribution in [3.8, 4) is 11.3 Å². The molecule has 1 amide bonds. The summed E-state index contributed by atoms with van der Waals surface area (Å²) in [6.45, 7) is 5.36. The van der Waals surface area contributed by atoms with Gasteiger partial charge in [0.25, 0.3) is 0 Å². The van der Waals surface area contributed by atoms with E-state index >= 15 is 0 Å². The number of hydrogen-bond acceptors (Lipinski definition) is 4. The van der Waals surface area contributed by atoms with Gasteiger partial charge in [-0.15, -0.1) is 0 Å². The molecule has 2 rings (SSSR count). The largest absolute Gasteiger partial charge is 0.455 e. The maximum absolute atomic E-state index is 11.4. The number of hydrogen-bond donors (Lipinski definition) is 1. The summed E-state index contributed by atoms with van der Waals surface area (Å²) >= 11 is 3.39. The number of carbonyl (C=O) groups is 1. The van der Waals surface area contributed by atoms with Crippen LogP contribution in [0.5, 0.6) is 0 Å². The maximum Gasteiger partial charge on any atom is 0.428 e. The molecule has 1 N–H and O–H groups in total. The molecule has 0 saturated heterocycles. The first-order chi connectivity index (χ1) is 10.3. The van der Waals surface area contributed by atoms with Gasteiger partial charge in [0.15, 0.2) is 0 Å². The second kappa shape index (κ2) is 6.79. The fraction of sp³-hybridized carbons (Fsp3) is 0.250. The minimum atomic E-state index is -0.608. The Morgan fingerprint density at radius 1 is 1.23 bits per heavy atom. The van der Waals surface area contributed by atoms with E-state index in [1.54, 1.807) is 26.8 Å². The fourth-order valence-electron chi connectivity index (χ4n) is 1.64. The van der Waals surface area contributed by atoms with Crippen molar-refractivity contribution >= 4 is 28.2 Å². The topological polar surface area (TPSA) is 63.8 Å². The smallest absolute Gasteiger partial charge is 0.428 e. The summed E-state index contributed by atoms with van der Waals surface area (Å²) in [5.74, 6) is 1.26. The van der Waals surface area contributed by atoms with Crippen molar-refractivity contribution in [2.45, 2.75) is 26.4 Å². The normalized spacial score (nSPS) is 11.6. The highest BCUT2D eigenvalue weighted by atomic mass is 79.9. The Morgan fingerprint density at radius 3 is 2.55 bits per heavy atom. The third-order valence-corrected chi connectivity index (χ3v) is 3.03. The molecule has 1 heterocycles. The first-order valence-electron chi connectivity index (χ1n) is 6.71. The van der Waals surface area contributed by atoms with Crippen molar-refractivity contribution in [1.82, 2.24) is 5.43 Å². The van der Waals surface area contributed by atoms with E-state index in [0.29, 0.717) is 5.76 Å². The zero-order valence-electron chi connectivity index (χ0n) is 12.6. The number of hydrazone groups is 1. The molecule has 5 nitrogen and oxygen atoms in total. The molecular formula is C16H17BrN2O3. The monoisotopic (exact) mass is 364 g/mol. The maximum atomic E-state index is 11.4. The van der Waals surface area contributed by atoms with Crippen LogP contribution in [-0.4, -0.2) is 17.9 Å². The molecular weight excluding hydrogens is 348 g/mol. The van der Waals surface area contributed by atoms with Gasteiger partial charge >= 0.3 is 6.09 Å². The number of amides is 1. The average Bonchev–Trinajstić information content (AvgIpc) is 2.86. The van der Waals surface area contributed by atoms with Gasteiger partial charge in [-0.2, -0.15) is 5.10 Å². The van der Waals surface area contributed by atoms with E-state index in [0.717, 1.165) is 15.8 Å². The number of rotatable bonds is 3. The van der Waals surface area contributed by atoms with E-state index < -0.39 is 11.7 Å². The van der Waals surface area contributed by atoms with Crippen LogP contribution in [-0.2, 0) is 4.74 Å². The van der Waals surface area contributed by atoms with Crippen LogP contribution in [0.1, 0.15) is 26.5 Å². The number of carbonyl (C=O) groups excluding carboxylic acids is 1. The molecule has 0 fully saturated rings. The van der Waals surface area contributed by atoms with Crippen molar-refractivity contribution in [2.75, 3.05) is 0 Å². The molecule has 0 aliphatic heterocycles. The lowest BCUT2D eigenvalue weighted by Crippen LogP contribution is -2.29. The highest BCUT2D eigenvalue weighted by molar-refractivity contribution is 9.10. The Hall–Kier alpha value is -2.08. The van der Waals surface area contributed by atoms with Crippen LogP contribution < -0.4 is 5.43 Å². The number of nitrogens with zero attached hydrogens (tertiary/aromatic N) is 1. The Balaban J connectivity index is 1.96. The van der Waals surface area contributed by atoms with E-state index in [4.69, 9.17) is 9.15 Å². The first-order valence-corrected chi connectivity index (χ1v) is 7.51. The first kappa shape index (κ1) is 16.3. The van der Waals surface area contributed by atoms with Crippen molar-refractivity contribution in [3.05, 3.63) is 46.6 Å². The van der Waals surface area contributed by atoms with Gasteiger partial charge in [0.1, 0.15) is 17.1 Å². The fourth-order valence-corrected chi connectivity index (χ4v) is 1.91. The van der Waals surface area contributed by atoms with Crippen molar-refractivity contribution in [2.24, 2.45) is 5.10 Å². The molecule has 2 aromatic rings. The molecule has 0 radical (unpaired) electrons. The number of ether oxygens (including phenoxy) is 1. The van der Waals surface area contributed by atoms with E-state index in [1.807, 2.05) is 30.3 Å². The summed E-state index contributed by atoms with van der Waals surface area (Å²) in [5.41, 5.74) is 2.69. The van der Waals surface area contributed by atoms with Gasteiger partial charge in [-0.25, -0.2) is 10.2 Å². The van der Waals surface area contributed by atoms with Crippen molar-refractivity contribution < 1.29 is 13.9 Å². The SMILES string of the molecule is CC(C)(C)OC(=O)N/N=C/c1ccc(-c2ccc(Br)cc2)o1. The Bertz CT molecular complexity index is 669. The Labute approximate surface area is 137 Å². The zero-order chi connectivity index (χ0) is 16.2. The number of benzene rings is 1. The minimum Gasteiger partial charge on any atom is -0.455 e. The Morgan fingerprint density at radius 2 is 1.91 bits per heavy atom. The van der Waals surface area contributed by atoms with E-state index in [9.17, 15) is 4.79 Å². The molecule has 0 aliphatic carbocycles. The van der Waals surface area contributed by atoms with Gasteiger partial charge in [-0.1, -0.05) is 28.1 Å². The van der Waals surface area contributed by atoms with Gasteiger partial charge in [0.05, 0.1) is 6.21 Å². The minimum absolute atomic E-state index is 0.536. The summed E-state index contributed by atoms with van der Waals surface area (Å²) in [6, 6.07) is 11.4. The highest BCUT2D eigenvalue weighted by Gasteiger charge is 2.15. The third kappa shape index (κ3) is 5.04. The second-order valence-corrected chi connectivity index (χ2v) is 6.50. The molecule has 0 unspecified atom stereocenters. The van der Waals surface area contributed by atoms with Crippen LogP contribution >= 0.6 is 15.9 Å².